The first-order valence-electron chi connectivity index (χ1n) is 9.71. The second kappa shape index (κ2) is 8.63. The van der Waals surface area contributed by atoms with Gasteiger partial charge in [0.05, 0.1) is 11.5 Å². The first-order valence-corrected chi connectivity index (χ1v) is 10.1. The molecule has 1 aliphatic rings. The van der Waals surface area contributed by atoms with E-state index in [-0.39, 0.29) is 23.1 Å². The van der Waals surface area contributed by atoms with Crippen LogP contribution in [-0.2, 0) is 4.74 Å². The second-order valence-corrected chi connectivity index (χ2v) is 8.03. The molecule has 2 aromatic rings. The minimum absolute atomic E-state index is 0.111. The molecule has 0 spiro atoms. The maximum Gasteiger partial charge on any atom is 0.255 e. The Hall–Kier alpha value is -1.56. The van der Waals surface area contributed by atoms with E-state index in [1.165, 1.54) is 0 Å². The lowest BCUT2D eigenvalue weighted by Crippen LogP contribution is -2.46. The van der Waals surface area contributed by atoms with Gasteiger partial charge in [0.25, 0.3) is 5.56 Å². The summed E-state index contributed by atoms with van der Waals surface area (Å²) in [6.07, 6.45) is 7.69. The lowest BCUT2D eigenvalue weighted by Gasteiger charge is -2.43. The van der Waals surface area contributed by atoms with Crippen molar-refractivity contribution in [2.75, 3.05) is 13.7 Å². The zero-order valence-electron chi connectivity index (χ0n) is 16.1. The summed E-state index contributed by atoms with van der Waals surface area (Å²) < 4.78 is 11.5. The summed E-state index contributed by atoms with van der Waals surface area (Å²) in [4.78, 5) is 14.8. The molecule has 0 radical (unpaired) electrons. The number of methoxy groups -OCH3 is 1. The fraction of sp³-hybridized carbons (Fsp3) is 0.571. The Morgan fingerprint density at radius 3 is 2.74 bits per heavy atom. The third-order valence-corrected chi connectivity index (χ3v) is 6.38. The van der Waals surface area contributed by atoms with Crippen molar-refractivity contribution in [1.29, 1.82) is 0 Å². The van der Waals surface area contributed by atoms with Crippen molar-refractivity contribution in [3.63, 3.8) is 0 Å². The quantitative estimate of drug-likeness (QED) is 0.737. The molecule has 1 atom stereocenters. The Morgan fingerprint density at radius 1 is 1.33 bits per heavy atom. The van der Waals surface area contributed by atoms with Gasteiger partial charge in [0.2, 0.25) is 0 Å². The number of hydrogen-bond acceptors (Lipinski definition) is 4. The van der Waals surface area contributed by atoms with E-state index in [2.05, 4.69) is 11.9 Å². The summed E-state index contributed by atoms with van der Waals surface area (Å²) in [5.41, 5.74) is 6.52. The zero-order chi connectivity index (χ0) is 19.4. The number of halogens is 1. The van der Waals surface area contributed by atoms with Crippen molar-refractivity contribution < 1.29 is 9.47 Å². The molecule has 0 aliphatic heterocycles. The van der Waals surface area contributed by atoms with E-state index in [0.29, 0.717) is 22.8 Å². The largest absolute Gasteiger partial charge is 0.490 e. The number of aromatic amines is 1. The smallest absolute Gasteiger partial charge is 0.255 e. The number of nitrogens with one attached hydrogen (secondary N) is 1. The molecule has 1 aliphatic carbocycles. The number of aromatic nitrogens is 1. The molecular weight excluding hydrogens is 364 g/mol. The standard InChI is InChI=1S/C21H29ClN2O3/c1-3-21(19(23)7-11-26-2)8-4-15(5-9-21)27-18-13-14(22)12-17-16(18)6-10-24-20(17)25/h6,10,12-13,15,19H,3-5,7-9,11,23H2,1-2H3,(H,24,25). The normalized spacial score (nSPS) is 24.1. The summed E-state index contributed by atoms with van der Waals surface area (Å²) >= 11 is 6.21. The maximum atomic E-state index is 12.1. The van der Waals surface area contributed by atoms with E-state index in [1.807, 2.05) is 6.07 Å². The molecule has 1 unspecified atom stereocenters. The van der Waals surface area contributed by atoms with Gasteiger partial charge in [0, 0.05) is 36.4 Å². The van der Waals surface area contributed by atoms with Crippen LogP contribution >= 0.6 is 11.6 Å². The van der Waals surface area contributed by atoms with Gasteiger partial charge in [-0.1, -0.05) is 18.5 Å². The molecule has 1 fully saturated rings. The maximum absolute atomic E-state index is 12.1. The lowest BCUT2D eigenvalue weighted by molar-refractivity contribution is 0.0484. The lowest BCUT2D eigenvalue weighted by atomic mass is 9.66. The molecule has 27 heavy (non-hydrogen) atoms. The Labute approximate surface area is 165 Å². The number of pyridine rings is 1. The van der Waals surface area contributed by atoms with Crippen molar-refractivity contribution in [3.8, 4) is 5.75 Å². The highest BCUT2D eigenvalue weighted by atomic mass is 35.5. The zero-order valence-corrected chi connectivity index (χ0v) is 16.8. The van der Waals surface area contributed by atoms with Crippen LogP contribution in [0.1, 0.15) is 45.4 Å². The first-order chi connectivity index (χ1) is 13.0. The van der Waals surface area contributed by atoms with Crippen LogP contribution in [0.2, 0.25) is 5.02 Å². The van der Waals surface area contributed by atoms with E-state index in [0.717, 1.165) is 43.9 Å². The summed E-state index contributed by atoms with van der Waals surface area (Å²) in [7, 11) is 1.72. The van der Waals surface area contributed by atoms with Crippen molar-refractivity contribution in [1.82, 2.24) is 4.98 Å². The number of fused-ring (bicyclic) bond motifs is 1. The highest BCUT2D eigenvalue weighted by Crippen LogP contribution is 2.43. The Balaban J connectivity index is 1.73. The molecule has 0 saturated heterocycles. The number of rotatable bonds is 7. The topological polar surface area (TPSA) is 77.3 Å². The van der Waals surface area contributed by atoms with E-state index in [1.54, 1.807) is 25.4 Å². The molecule has 0 bridgehead atoms. The molecule has 148 valence electrons. The third kappa shape index (κ3) is 4.31. The highest BCUT2D eigenvalue weighted by molar-refractivity contribution is 6.31. The predicted octanol–water partition coefficient (Wildman–Crippen LogP) is 4.26. The van der Waals surface area contributed by atoms with E-state index in [4.69, 9.17) is 26.8 Å². The number of ether oxygens (including phenoxy) is 2. The summed E-state index contributed by atoms with van der Waals surface area (Å²) in [5, 5.41) is 1.86. The van der Waals surface area contributed by atoms with Crippen LogP contribution in [0.3, 0.4) is 0 Å². The fourth-order valence-corrected chi connectivity index (χ4v) is 4.54. The molecule has 6 heteroatoms. The van der Waals surface area contributed by atoms with Crippen LogP contribution in [0.25, 0.3) is 10.8 Å². The van der Waals surface area contributed by atoms with Crippen LogP contribution in [0.4, 0.5) is 0 Å². The molecule has 1 aromatic carbocycles. The van der Waals surface area contributed by atoms with E-state index < -0.39 is 0 Å². The average molecular weight is 393 g/mol. The number of hydrogen-bond donors (Lipinski definition) is 2. The van der Waals surface area contributed by atoms with Gasteiger partial charge in [-0.2, -0.15) is 0 Å². The van der Waals surface area contributed by atoms with Gasteiger partial charge in [-0.3, -0.25) is 4.79 Å². The number of benzene rings is 1. The van der Waals surface area contributed by atoms with Gasteiger partial charge in [-0.15, -0.1) is 0 Å². The van der Waals surface area contributed by atoms with Gasteiger partial charge in [-0.05, 0) is 62.1 Å². The highest BCUT2D eigenvalue weighted by Gasteiger charge is 2.39. The van der Waals surface area contributed by atoms with Crippen LogP contribution in [0.5, 0.6) is 5.75 Å². The van der Waals surface area contributed by atoms with Crippen LogP contribution < -0.4 is 16.0 Å². The van der Waals surface area contributed by atoms with Crippen LogP contribution in [0, 0.1) is 5.41 Å². The van der Waals surface area contributed by atoms with Gasteiger partial charge in [-0.25, -0.2) is 0 Å². The average Bonchev–Trinajstić information content (AvgIpc) is 2.67. The molecular formula is C21H29ClN2O3. The molecule has 0 amide bonds. The van der Waals surface area contributed by atoms with Crippen molar-refractivity contribution in [3.05, 3.63) is 39.8 Å². The minimum Gasteiger partial charge on any atom is -0.490 e. The molecule has 1 saturated carbocycles. The summed E-state index contributed by atoms with van der Waals surface area (Å²) in [6, 6.07) is 5.49. The summed E-state index contributed by atoms with van der Waals surface area (Å²) in [5.74, 6) is 0.682. The third-order valence-electron chi connectivity index (χ3n) is 6.16. The van der Waals surface area contributed by atoms with Crippen molar-refractivity contribution >= 4 is 22.4 Å². The van der Waals surface area contributed by atoms with E-state index >= 15 is 0 Å². The first kappa shape index (κ1) is 20.2. The SMILES string of the molecule is CCC1(C(N)CCOC)CCC(Oc2cc(Cl)cc3c(=O)[nH]ccc23)CC1. The van der Waals surface area contributed by atoms with Gasteiger partial charge in [0.15, 0.2) is 0 Å². The molecule has 3 rings (SSSR count). The Bertz CT molecular complexity index is 828. The minimum atomic E-state index is -0.155. The van der Waals surface area contributed by atoms with Crippen molar-refractivity contribution in [2.24, 2.45) is 11.1 Å². The summed E-state index contributed by atoms with van der Waals surface area (Å²) in [6.45, 7) is 2.93. The monoisotopic (exact) mass is 392 g/mol. The fourth-order valence-electron chi connectivity index (χ4n) is 4.33. The van der Waals surface area contributed by atoms with Gasteiger partial charge >= 0.3 is 0 Å². The number of nitrogens with two attached hydrogens (primary N) is 1. The predicted molar refractivity (Wildman–Crippen MR) is 110 cm³/mol. The molecule has 5 nitrogen and oxygen atoms in total. The van der Waals surface area contributed by atoms with Crippen LogP contribution in [0.15, 0.2) is 29.2 Å². The number of H-pyrrole nitrogens is 1. The van der Waals surface area contributed by atoms with Crippen molar-refractivity contribution in [2.45, 2.75) is 57.6 Å². The molecule has 3 N–H and O–H groups in total. The van der Waals surface area contributed by atoms with Gasteiger partial charge < -0.3 is 20.2 Å². The second-order valence-electron chi connectivity index (χ2n) is 7.59. The Kier molecular flexibility index (Phi) is 6.45. The Morgan fingerprint density at radius 2 is 2.07 bits per heavy atom. The van der Waals surface area contributed by atoms with Gasteiger partial charge in [0.1, 0.15) is 5.75 Å². The molecule has 1 aromatic heterocycles. The molecule has 1 heterocycles. The van der Waals surface area contributed by atoms with E-state index in [9.17, 15) is 4.79 Å². The van der Waals surface area contributed by atoms with Crippen LogP contribution in [-0.4, -0.2) is 30.8 Å².